The molecule has 2 rings (SSSR count). The minimum Gasteiger partial charge on any atom is -0.373 e. The van der Waals surface area contributed by atoms with Gasteiger partial charge in [-0.2, -0.15) is 0 Å². The number of primary sulfonamides is 1. The van der Waals surface area contributed by atoms with Crippen LogP contribution < -0.4 is 10.5 Å². The molecule has 1 aromatic carbocycles. The zero-order valence-corrected chi connectivity index (χ0v) is 14.3. The molecule has 0 spiro atoms. The molecule has 1 aromatic rings. The monoisotopic (exact) mass is 341 g/mol. The highest BCUT2D eigenvalue weighted by Gasteiger charge is 2.29. The molecule has 0 bridgehead atoms. The first-order valence-electron chi connectivity index (χ1n) is 7.50. The average molecular weight is 341 g/mol. The van der Waals surface area contributed by atoms with E-state index in [0.29, 0.717) is 18.8 Å². The van der Waals surface area contributed by atoms with Crippen LogP contribution in [-0.4, -0.2) is 50.6 Å². The lowest BCUT2D eigenvalue weighted by Crippen LogP contribution is -2.52. The number of nitrogens with zero attached hydrogens (tertiary/aromatic N) is 1. The Kier molecular flexibility index (Phi) is 5.41. The van der Waals surface area contributed by atoms with Gasteiger partial charge < -0.3 is 10.1 Å². The Bertz CT molecular complexity index is 650. The van der Waals surface area contributed by atoms with E-state index < -0.39 is 10.0 Å². The second-order valence-corrected chi connectivity index (χ2v) is 7.51. The number of carbonyl (C=O) groups is 1. The molecule has 0 radical (unpaired) electrons. The molecular formula is C15H23N3O4S. The molecule has 1 heterocycles. The number of nitrogens with two attached hydrogens (primary N) is 1. The van der Waals surface area contributed by atoms with E-state index in [-0.39, 0.29) is 29.1 Å². The van der Waals surface area contributed by atoms with Crippen molar-refractivity contribution in [1.29, 1.82) is 0 Å². The van der Waals surface area contributed by atoms with Crippen molar-refractivity contribution in [3.8, 4) is 0 Å². The van der Waals surface area contributed by atoms with E-state index >= 15 is 0 Å². The molecule has 1 amide bonds. The van der Waals surface area contributed by atoms with E-state index in [0.717, 1.165) is 0 Å². The van der Waals surface area contributed by atoms with E-state index in [1.54, 1.807) is 0 Å². The molecule has 1 aliphatic heterocycles. The third kappa shape index (κ3) is 4.74. The van der Waals surface area contributed by atoms with Crippen molar-refractivity contribution in [1.82, 2.24) is 4.90 Å². The van der Waals surface area contributed by atoms with Crippen LogP contribution in [0.25, 0.3) is 0 Å². The van der Waals surface area contributed by atoms with Crippen molar-refractivity contribution >= 4 is 21.6 Å². The van der Waals surface area contributed by atoms with Gasteiger partial charge in [0, 0.05) is 18.8 Å². The molecular weight excluding hydrogens is 318 g/mol. The van der Waals surface area contributed by atoms with Crippen molar-refractivity contribution in [3.05, 3.63) is 24.3 Å². The lowest BCUT2D eigenvalue weighted by molar-refractivity contribution is -0.126. The summed E-state index contributed by atoms with van der Waals surface area (Å²) < 4.78 is 28.1. The quantitative estimate of drug-likeness (QED) is 0.842. The number of rotatable bonds is 4. The summed E-state index contributed by atoms with van der Waals surface area (Å²) in [5.41, 5.74) is 0.531. The maximum Gasteiger partial charge on any atom is 0.241 e. The summed E-state index contributed by atoms with van der Waals surface area (Å²) in [6.45, 7) is 7.21. The van der Waals surface area contributed by atoms with Gasteiger partial charge >= 0.3 is 0 Å². The number of benzene rings is 1. The maximum atomic E-state index is 12.4. The molecule has 0 aliphatic carbocycles. The van der Waals surface area contributed by atoms with Gasteiger partial charge in [0.05, 0.1) is 23.1 Å². The number of amides is 1. The minimum atomic E-state index is -3.73. The largest absolute Gasteiger partial charge is 0.373 e. The van der Waals surface area contributed by atoms with E-state index in [1.807, 2.05) is 20.8 Å². The van der Waals surface area contributed by atoms with Gasteiger partial charge in [0.15, 0.2) is 0 Å². The second kappa shape index (κ2) is 6.96. The highest BCUT2D eigenvalue weighted by molar-refractivity contribution is 7.89. The second-order valence-electron chi connectivity index (χ2n) is 5.95. The van der Waals surface area contributed by atoms with Crippen LogP contribution in [0.15, 0.2) is 29.2 Å². The molecule has 3 atom stereocenters. The van der Waals surface area contributed by atoms with Crippen LogP contribution >= 0.6 is 0 Å². The number of hydrogen-bond acceptors (Lipinski definition) is 5. The Morgan fingerprint density at radius 1 is 1.26 bits per heavy atom. The van der Waals surface area contributed by atoms with Gasteiger partial charge in [0.2, 0.25) is 15.9 Å². The van der Waals surface area contributed by atoms with E-state index in [9.17, 15) is 13.2 Å². The summed E-state index contributed by atoms with van der Waals surface area (Å²) in [4.78, 5) is 14.5. The standard InChI is InChI=1S/C15H23N3O4S/c1-10-8-18(9-11(2)22-10)12(3)15(19)17-13-4-6-14(7-5-13)23(16,20)21/h4-7,10-12H,8-9H2,1-3H3,(H,17,19)(H2,16,20,21)/t10-,11+,12-/m1/s1. The third-order valence-corrected chi connectivity index (χ3v) is 4.75. The molecule has 8 heteroatoms. The predicted octanol–water partition coefficient (Wildman–Crippen LogP) is 0.770. The molecule has 3 N–H and O–H groups in total. The van der Waals surface area contributed by atoms with Crippen molar-refractivity contribution in [2.75, 3.05) is 18.4 Å². The summed E-state index contributed by atoms with van der Waals surface area (Å²) in [5.74, 6) is -0.144. The molecule has 23 heavy (non-hydrogen) atoms. The highest BCUT2D eigenvalue weighted by atomic mass is 32.2. The SMILES string of the molecule is C[C@@H]1CN([C@H](C)C(=O)Nc2ccc(S(N)(=O)=O)cc2)C[C@H](C)O1. The number of morpholine rings is 1. The molecule has 1 aliphatic rings. The number of hydrogen-bond donors (Lipinski definition) is 2. The van der Waals surface area contributed by atoms with Crippen LogP contribution in [-0.2, 0) is 19.6 Å². The topological polar surface area (TPSA) is 102 Å². The summed E-state index contributed by atoms with van der Waals surface area (Å²) in [6, 6.07) is 5.48. The number of anilines is 1. The van der Waals surface area contributed by atoms with Gasteiger partial charge in [-0.05, 0) is 45.0 Å². The summed E-state index contributed by atoms with van der Waals surface area (Å²) in [5, 5.41) is 7.84. The first-order valence-corrected chi connectivity index (χ1v) is 9.04. The predicted molar refractivity (Wildman–Crippen MR) is 87.5 cm³/mol. The van der Waals surface area contributed by atoms with Crippen LogP contribution in [0.5, 0.6) is 0 Å². The van der Waals surface area contributed by atoms with Crippen LogP contribution in [0.3, 0.4) is 0 Å². The Morgan fingerprint density at radius 3 is 2.26 bits per heavy atom. The summed E-state index contributed by atoms with van der Waals surface area (Å²) in [6.07, 6.45) is 0.172. The fraction of sp³-hybridized carbons (Fsp3) is 0.533. The third-order valence-electron chi connectivity index (χ3n) is 3.83. The minimum absolute atomic E-state index is 0.0133. The van der Waals surface area contributed by atoms with E-state index in [2.05, 4.69) is 10.2 Å². The van der Waals surface area contributed by atoms with Gasteiger partial charge in [-0.25, -0.2) is 13.6 Å². The van der Waals surface area contributed by atoms with Crippen LogP contribution in [0.4, 0.5) is 5.69 Å². The zero-order valence-electron chi connectivity index (χ0n) is 13.5. The first-order chi connectivity index (χ1) is 10.7. The van der Waals surface area contributed by atoms with E-state index in [4.69, 9.17) is 9.88 Å². The smallest absolute Gasteiger partial charge is 0.241 e. The molecule has 0 saturated carbocycles. The number of ether oxygens (including phenoxy) is 1. The van der Waals surface area contributed by atoms with Gasteiger partial charge in [0.25, 0.3) is 0 Å². The molecule has 128 valence electrons. The molecule has 7 nitrogen and oxygen atoms in total. The van der Waals surface area contributed by atoms with Gasteiger partial charge in [-0.1, -0.05) is 0 Å². The van der Waals surface area contributed by atoms with Crippen molar-refractivity contribution < 1.29 is 17.9 Å². The van der Waals surface area contributed by atoms with Gasteiger partial charge in [0.1, 0.15) is 0 Å². The van der Waals surface area contributed by atoms with Crippen LogP contribution in [0, 0.1) is 0 Å². The normalized spacial score (nSPS) is 24.2. The molecule has 1 saturated heterocycles. The van der Waals surface area contributed by atoms with Crippen molar-refractivity contribution in [3.63, 3.8) is 0 Å². The Morgan fingerprint density at radius 2 is 1.78 bits per heavy atom. The number of sulfonamides is 1. The lowest BCUT2D eigenvalue weighted by atomic mass is 10.1. The zero-order chi connectivity index (χ0) is 17.2. The van der Waals surface area contributed by atoms with Crippen molar-refractivity contribution in [2.24, 2.45) is 5.14 Å². The van der Waals surface area contributed by atoms with Crippen molar-refractivity contribution in [2.45, 2.75) is 43.9 Å². The molecule has 1 fully saturated rings. The molecule has 0 aromatic heterocycles. The Hall–Kier alpha value is -1.48. The van der Waals surface area contributed by atoms with Gasteiger partial charge in [-0.3, -0.25) is 9.69 Å². The maximum absolute atomic E-state index is 12.4. The summed E-state index contributed by atoms with van der Waals surface area (Å²) >= 11 is 0. The Labute approximate surface area is 136 Å². The average Bonchev–Trinajstić information content (AvgIpc) is 2.45. The number of nitrogens with one attached hydrogen (secondary N) is 1. The first kappa shape index (κ1) is 17.9. The van der Waals surface area contributed by atoms with E-state index in [1.165, 1.54) is 24.3 Å². The van der Waals surface area contributed by atoms with Crippen LogP contribution in [0.2, 0.25) is 0 Å². The fourth-order valence-electron chi connectivity index (χ4n) is 2.67. The van der Waals surface area contributed by atoms with Gasteiger partial charge in [-0.15, -0.1) is 0 Å². The summed E-state index contributed by atoms with van der Waals surface area (Å²) in [7, 11) is -3.73. The number of carbonyl (C=O) groups excluding carboxylic acids is 1. The Balaban J connectivity index is 2.01. The molecule has 0 unspecified atom stereocenters. The lowest BCUT2D eigenvalue weighted by Gasteiger charge is -2.38. The fourth-order valence-corrected chi connectivity index (χ4v) is 3.19. The van der Waals surface area contributed by atoms with Crippen LogP contribution in [0.1, 0.15) is 20.8 Å². The highest BCUT2D eigenvalue weighted by Crippen LogP contribution is 2.16.